The Kier molecular flexibility index (Phi) is 4.66. The predicted molar refractivity (Wildman–Crippen MR) is 106 cm³/mol. The quantitative estimate of drug-likeness (QED) is 0.688. The van der Waals surface area contributed by atoms with Gasteiger partial charge in [-0.2, -0.15) is 0 Å². The molecule has 1 aliphatic heterocycles. The smallest absolute Gasteiger partial charge is 0.274 e. The SMILES string of the molecule is Cc1sc(Nc2ccccc2Cl)nc1C(=O)N1CCc2ccccc2C1. The number of aromatic nitrogens is 1. The molecule has 4 rings (SSSR count). The molecule has 4 nitrogen and oxygen atoms in total. The molecule has 0 saturated heterocycles. The van der Waals surface area contributed by atoms with Crippen LogP contribution in [0.5, 0.6) is 0 Å². The minimum Gasteiger partial charge on any atom is -0.333 e. The molecule has 0 fully saturated rings. The maximum Gasteiger partial charge on any atom is 0.274 e. The highest BCUT2D eigenvalue weighted by Gasteiger charge is 2.25. The number of benzene rings is 2. The van der Waals surface area contributed by atoms with Gasteiger partial charge in [-0.1, -0.05) is 48.0 Å². The summed E-state index contributed by atoms with van der Waals surface area (Å²) < 4.78 is 0. The highest BCUT2D eigenvalue weighted by atomic mass is 35.5. The van der Waals surface area contributed by atoms with Crippen LogP contribution in [-0.4, -0.2) is 22.3 Å². The Morgan fingerprint density at radius 2 is 1.88 bits per heavy atom. The van der Waals surface area contributed by atoms with Crippen molar-refractivity contribution in [2.45, 2.75) is 19.9 Å². The Hall–Kier alpha value is -2.37. The zero-order chi connectivity index (χ0) is 18.1. The molecular formula is C20H18ClN3OS. The first-order valence-corrected chi connectivity index (χ1v) is 9.66. The summed E-state index contributed by atoms with van der Waals surface area (Å²) in [7, 11) is 0. The molecule has 3 aromatic rings. The van der Waals surface area contributed by atoms with Crippen molar-refractivity contribution in [3.8, 4) is 0 Å². The van der Waals surface area contributed by atoms with Crippen LogP contribution in [0.1, 0.15) is 26.5 Å². The van der Waals surface area contributed by atoms with Crippen molar-refractivity contribution >= 4 is 39.7 Å². The Bertz CT molecular complexity index is 969. The third-order valence-corrected chi connectivity index (χ3v) is 5.75. The van der Waals surface area contributed by atoms with Gasteiger partial charge in [0.2, 0.25) is 0 Å². The lowest BCUT2D eigenvalue weighted by atomic mass is 10.00. The molecule has 1 aliphatic rings. The van der Waals surface area contributed by atoms with Gasteiger partial charge in [0.05, 0.1) is 10.7 Å². The summed E-state index contributed by atoms with van der Waals surface area (Å²) in [6, 6.07) is 15.8. The number of carbonyl (C=O) groups is 1. The van der Waals surface area contributed by atoms with Gasteiger partial charge in [-0.15, -0.1) is 11.3 Å². The molecule has 0 aliphatic carbocycles. The molecule has 26 heavy (non-hydrogen) atoms. The average Bonchev–Trinajstić information content (AvgIpc) is 3.03. The maximum absolute atomic E-state index is 13.0. The van der Waals surface area contributed by atoms with Crippen LogP contribution in [0.15, 0.2) is 48.5 Å². The van der Waals surface area contributed by atoms with E-state index in [0.29, 0.717) is 22.4 Å². The molecule has 0 unspecified atom stereocenters. The summed E-state index contributed by atoms with van der Waals surface area (Å²) in [5.74, 6) is -0.0135. The minimum atomic E-state index is -0.0135. The lowest BCUT2D eigenvalue weighted by molar-refractivity contribution is 0.0729. The molecule has 1 amide bonds. The molecule has 0 saturated carbocycles. The first-order valence-electron chi connectivity index (χ1n) is 8.47. The van der Waals surface area contributed by atoms with Gasteiger partial charge in [-0.3, -0.25) is 4.79 Å². The molecule has 0 bridgehead atoms. The summed E-state index contributed by atoms with van der Waals surface area (Å²) in [6.45, 7) is 3.29. The van der Waals surface area contributed by atoms with Crippen LogP contribution < -0.4 is 5.32 Å². The molecule has 0 radical (unpaired) electrons. The number of halogens is 1. The Morgan fingerprint density at radius 3 is 2.69 bits per heavy atom. The van der Waals surface area contributed by atoms with Gasteiger partial charge in [0, 0.05) is 18.0 Å². The molecule has 1 aromatic heterocycles. The van der Waals surface area contributed by atoms with Gasteiger partial charge in [0.1, 0.15) is 5.69 Å². The van der Waals surface area contributed by atoms with E-state index in [1.807, 2.05) is 48.2 Å². The van der Waals surface area contributed by atoms with Gasteiger partial charge < -0.3 is 10.2 Å². The van der Waals surface area contributed by atoms with Crippen molar-refractivity contribution in [1.29, 1.82) is 0 Å². The van der Waals surface area contributed by atoms with E-state index in [0.717, 1.165) is 23.5 Å². The molecule has 0 atom stereocenters. The van der Waals surface area contributed by atoms with Crippen LogP contribution in [0.3, 0.4) is 0 Å². The monoisotopic (exact) mass is 383 g/mol. The number of rotatable bonds is 3. The van der Waals surface area contributed by atoms with E-state index in [4.69, 9.17) is 11.6 Å². The average molecular weight is 384 g/mol. The fraction of sp³-hybridized carbons (Fsp3) is 0.200. The van der Waals surface area contributed by atoms with Crippen LogP contribution in [0, 0.1) is 6.92 Å². The highest BCUT2D eigenvalue weighted by Crippen LogP contribution is 2.30. The number of nitrogens with one attached hydrogen (secondary N) is 1. The second-order valence-electron chi connectivity index (χ2n) is 6.27. The van der Waals surface area contributed by atoms with E-state index in [2.05, 4.69) is 22.4 Å². The third-order valence-electron chi connectivity index (χ3n) is 4.53. The molecule has 2 aromatic carbocycles. The number of hydrogen-bond donors (Lipinski definition) is 1. The number of para-hydroxylation sites is 1. The molecule has 2 heterocycles. The molecular weight excluding hydrogens is 366 g/mol. The van der Waals surface area contributed by atoms with Crippen LogP contribution in [0.4, 0.5) is 10.8 Å². The van der Waals surface area contributed by atoms with Gasteiger partial charge >= 0.3 is 0 Å². The molecule has 1 N–H and O–H groups in total. The van der Waals surface area contributed by atoms with Crippen molar-refractivity contribution in [1.82, 2.24) is 9.88 Å². The Balaban J connectivity index is 1.54. The largest absolute Gasteiger partial charge is 0.333 e. The normalized spacial score (nSPS) is 13.4. The van der Waals surface area contributed by atoms with E-state index in [9.17, 15) is 4.79 Å². The van der Waals surface area contributed by atoms with Crippen LogP contribution >= 0.6 is 22.9 Å². The topological polar surface area (TPSA) is 45.2 Å². The van der Waals surface area contributed by atoms with E-state index < -0.39 is 0 Å². The lowest BCUT2D eigenvalue weighted by Crippen LogP contribution is -2.36. The van der Waals surface area contributed by atoms with Crippen LogP contribution in [-0.2, 0) is 13.0 Å². The minimum absolute atomic E-state index is 0.0135. The van der Waals surface area contributed by atoms with Crippen molar-refractivity contribution < 1.29 is 4.79 Å². The number of nitrogens with zero attached hydrogens (tertiary/aromatic N) is 2. The zero-order valence-electron chi connectivity index (χ0n) is 14.3. The van der Waals surface area contributed by atoms with Crippen molar-refractivity contribution in [3.05, 3.63) is 75.3 Å². The highest BCUT2D eigenvalue weighted by molar-refractivity contribution is 7.15. The lowest BCUT2D eigenvalue weighted by Gasteiger charge is -2.28. The fourth-order valence-corrected chi connectivity index (χ4v) is 4.15. The molecule has 132 valence electrons. The van der Waals surface area contributed by atoms with Gasteiger partial charge in [-0.05, 0) is 36.6 Å². The number of fused-ring (bicyclic) bond motifs is 1. The summed E-state index contributed by atoms with van der Waals surface area (Å²) in [6.07, 6.45) is 0.885. The number of aryl methyl sites for hydroxylation is 1. The zero-order valence-corrected chi connectivity index (χ0v) is 15.9. The summed E-state index contributed by atoms with van der Waals surface area (Å²) >= 11 is 7.66. The van der Waals surface area contributed by atoms with E-state index in [1.54, 1.807) is 0 Å². The third kappa shape index (κ3) is 3.32. The summed E-state index contributed by atoms with van der Waals surface area (Å²) in [5.41, 5.74) is 3.85. The number of carbonyl (C=O) groups excluding carboxylic acids is 1. The van der Waals surface area contributed by atoms with Crippen molar-refractivity contribution in [2.24, 2.45) is 0 Å². The number of hydrogen-bond acceptors (Lipinski definition) is 4. The number of anilines is 2. The second-order valence-corrected chi connectivity index (χ2v) is 7.88. The van der Waals surface area contributed by atoms with Gasteiger partial charge in [0.25, 0.3) is 5.91 Å². The summed E-state index contributed by atoms with van der Waals surface area (Å²) in [5, 5.41) is 4.51. The summed E-state index contributed by atoms with van der Waals surface area (Å²) in [4.78, 5) is 20.3. The predicted octanol–water partition coefficient (Wildman–Crippen LogP) is 5.05. The number of thiazole rings is 1. The maximum atomic E-state index is 13.0. The Labute approximate surface area is 161 Å². The molecule has 6 heteroatoms. The van der Waals surface area contributed by atoms with Crippen LogP contribution in [0.2, 0.25) is 5.02 Å². The standard InChI is InChI=1S/C20H18ClN3OS/c1-13-18(23-20(26-13)22-17-9-5-4-8-16(17)21)19(25)24-11-10-14-6-2-3-7-15(14)12-24/h2-9H,10-12H2,1H3,(H,22,23). The van der Waals surface area contributed by atoms with Gasteiger partial charge in [-0.25, -0.2) is 4.98 Å². The first kappa shape index (κ1) is 17.1. The second kappa shape index (κ2) is 7.09. The van der Waals surface area contributed by atoms with E-state index in [-0.39, 0.29) is 5.91 Å². The molecule has 0 spiro atoms. The van der Waals surface area contributed by atoms with E-state index in [1.165, 1.54) is 22.5 Å². The first-order chi connectivity index (χ1) is 12.6. The van der Waals surface area contributed by atoms with Crippen molar-refractivity contribution in [2.75, 3.05) is 11.9 Å². The van der Waals surface area contributed by atoms with Crippen LogP contribution in [0.25, 0.3) is 0 Å². The van der Waals surface area contributed by atoms with Crippen molar-refractivity contribution in [3.63, 3.8) is 0 Å². The number of amides is 1. The fourth-order valence-electron chi connectivity index (χ4n) is 3.14. The van der Waals surface area contributed by atoms with E-state index >= 15 is 0 Å². The van der Waals surface area contributed by atoms with Gasteiger partial charge in [0.15, 0.2) is 5.13 Å². The Morgan fingerprint density at radius 1 is 1.15 bits per heavy atom.